The third-order valence-electron chi connectivity index (χ3n) is 2.06. The molecular formula is C11H21N3S. The van der Waals surface area contributed by atoms with E-state index in [0.717, 1.165) is 13.1 Å². The van der Waals surface area contributed by atoms with E-state index in [1.54, 1.807) is 0 Å². The van der Waals surface area contributed by atoms with Crippen molar-refractivity contribution in [2.45, 2.75) is 39.9 Å². The van der Waals surface area contributed by atoms with Crippen LogP contribution in [0, 0.1) is 6.92 Å². The minimum Gasteiger partial charge on any atom is -0.310 e. The second-order valence-electron chi connectivity index (χ2n) is 4.39. The number of nitrogens with one attached hydrogen (secondary N) is 1. The summed E-state index contributed by atoms with van der Waals surface area (Å²) in [5, 5.41) is 4.63. The van der Waals surface area contributed by atoms with Crippen molar-refractivity contribution in [3.63, 3.8) is 0 Å². The Kier molecular flexibility index (Phi) is 4.70. The van der Waals surface area contributed by atoms with E-state index in [9.17, 15) is 0 Å². The molecule has 0 saturated heterocycles. The highest BCUT2D eigenvalue weighted by atomic mass is 32.1. The fraction of sp³-hybridized carbons (Fsp3) is 0.727. The first-order valence-electron chi connectivity index (χ1n) is 5.32. The SMILES string of the molecule is Cc1nc(CN(C)C)sc1CNC(C)C. The summed E-state index contributed by atoms with van der Waals surface area (Å²) in [4.78, 5) is 8.08. The summed E-state index contributed by atoms with van der Waals surface area (Å²) in [5.74, 6) is 0. The molecule has 0 aliphatic carbocycles. The van der Waals surface area contributed by atoms with E-state index in [1.807, 2.05) is 11.3 Å². The van der Waals surface area contributed by atoms with Crippen LogP contribution in [0.25, 0.3) is 0 Å². The third-order valence-corrected chi connectivity index (χ3v) is 3.20. The van der Waals surface area contributed by atoms with E-state index < -0.39 is 0 Å². The van der Waals surface area contributed by atoms with Crippen molar-refractivity contribution in [1.29, 1.82) is 0 Å². The van der Waals surface area contributed by atoms with Gasteiger partial charge in [-0.15, -0.1) is 11.3 Å². The zero-order valence-electron chi connectivity index (χ0n) is 10.3. The topological polar surface area (TPSA) is 28.2 Å². The van der Waals surface area contributed by atoms with E-state index in [2.05, 4.69) is 50.1 Å². The first-order valence-corrected chi connectivity index (χ1v) is 6.14. The number of hydrogen-bond acceptors (Lipinski definition) is 4. The number of hydrogen-bond donors (Lipinski definition) is 1. The van der Waals surface area contributed by atoms with Crippen LogP contribution in [0.1, 0.15) is 29.4 Å². The molecule has 0 bridgehead atoms. The number of aromatic nitrogens is 1. The van der Waals surface area contributed by atoms with Crippen molar-refractivity contribution in [2.75, 3.05) is 14.1 Å². The molecule has 0 fully saturated rings. The van der Waals surface area contributed by atoms with Gasteiger partial charge in [-0.25, -0.2) is 4.98 Å². The van der Waals surface area contributed by atoms with Gasteiger partial charge in [-0.2, -0.15) is 0 Å². The lowest BCUT2D eigenvalue weighted by molar-refractivity contribution is 0.401. The maximum atomic E-state index is 4.57. The molecule has 0 atom stereocenters. The minimum absolute atomic E-state index is 0.531. The van der Waals surface area contributed by atoms with Crippen molar-refractivity contribution in [2.24, 2.45) is 0 Å². The second kappa shape index (κ2) is 5.58. The highest BCUT2D eigenvalue weighted by Gasteiger charge is 2.08. The van der Waals surface area contributed by atoms with Gasteiger partial charge in [0.15, 0.2) is 0 Å². The van der Waals surface area contributed by atoms with Gasteiger partial charge in [0.05, 0.1) is 5.69 Å². The number of nitrogens with zero attached hydrogens (tertiary/aromatic N) is 2. The predicted octanol–water partition coefficient (Wildman–Crippen LogP) is 2.01. The Labute approximate surface area is 96.5 Å². The van der Waals surface area contributed by atoms with Crippen LogP contribution in [0.5, 0.6) is 0 Å². The van der Waals surface area contributed by atoms with E-state index in [0.29, 0.717) is 6.04 Å². The Morgan fingerprint density at radius 3 is 2.60 bits per heavy atom. The lowest BCUT2D eigenvalue weighted by Gasteiger charge is -2.06. The van der Waals surface area contributed by atoms with Crippen molar-refractivity contribution in [3.05, 3.63) is 15.6 Å². The van der Waals surface area contributed by atoms with E-state index in [4.69, 9.17) is 0 Å². The van der Waals surface area contributed by atoms with Crippen LogP contribution in [0.2, 0.25) is 0 Å². The van der Waals surface area contributed by atoms with Crippen LogP contribution in [-0.2, 0) is 13.1 Å². The molecule has 0 saturated carbocycles. The highest BCUT2D eigenvalue weighted by molar-refractivity contribution is 7.11. The zero-order valence-corrected chi connectivity index (χ0v) is 11.1. The van der Waals surface area contributed by atoms with Gasteiger partial charge in [-0.1, -0.05) is 13.8 Å². The standard InChI is InChI=1S/C11H21N3S/c1-8(2)12-6-10-9(3)13-11(15-10)7-14(4)5/h8,12H,6-7H2,1-5H3. The molecule has 0 spiro atoms. The molecule has 0 unspecified atom stereocenters. The maximum Gasteiger partial charge on any atom is 0.107 e. The van der Waals surface area contributed by atoms with Crippen molar-refractivity contribution in [1.82, 2.24) is 15.2 Å². The Hall–Kier alpha value is -0.450. The largest absolute Gasteiger partial charge is 0.310 e. The summed E-state index contributed by atoms with van der Waals surface area (Å²) < 4.78 is 0. The molecule has 86 valence electrons. The quantitative estimate of drug-likeness (QED) is 0.834. The van der Waals surface area contributed by atoms with Gasteiger partial charge in [0.25, 0.3) is 0 Å². The molecule has 0 aliphatic heterocycles. The molecule has 1 heterocycles. The summed E-state index contributed by atoms with van der Waals surface area (Å²) in [6.07, 6.45) is 0. The van der Waals surface area contributed by atoms with Crippen LogP contribution in [0.4, 0.5) is 0 Å². The molecule has 0 aromatic carbocycles. The van der Waals surface area contributed by atoms with Crippen LogP contribution < -0.4 is 5.32 Å². The van der Waals surface area contributed by atoms with Gasteiger partial charge >= 0.3 is 0 Å². The average Bonchev–Trinajstić information content (AvgIpc) is 2.41. The Morgan fingerprint density at radius 2 is 2.07 bits per heavy atom. The summed E-state index contributed by atoms with van der Waals surface area (Å²) in [6, 6.07) is 0.531. The first-order chi connectivity index (χ1) is 6.99. The van der Waals surface area contributed by atoms with Gasteiger partial charge in [-0.3, -0.25) is 0 Å². The van der Waals surface area contributed by atoms with Gasteiger partial charge < -0.3 is 10.2 Å². The molecule has 1 aromatic heterocycles. The summed E-state index contributed by atoms with van der Waals surface area (Å²) in [6.45, 7) is 8.29. The van der Waals surface area contributed by atoms with Gasteiger partial charge in [0.2, 0.25) is 0 Å². The summed E-state index contributed by atoms with van der Waals surface area (Å²) >= 11 is 1.81. The van der Waals surface area contributed by atoms with Gasteiger partial charge in [0, 0.05) is 24.0 Å². The third kappa shape index (κ3) is 4.28. The Balaban J connectivity index is 2.60. The first kappa shape index (κ1) is 12.6. The Bertz CT molecular complexity index is 305. The van der Waals surface area contributed by atoms with Crippen LogP contribution >= 0.6 is 11.3 Å². The molecular weight excluding hydrogens is 206 g/mol. The number of rotatable bonds is 5. The van der Waals surface area contributed by atoms with Crippen molar-refractivity contribution < 1.29 is 0 Å². The zero-order chi connectivity index (χ0) is 11.4. The number of aryl methyl sites for hydroxylation is 1. The Morgan fingerprint density at radius 1 is 1.40 bits per heavy atom. The van der Waals surface area contributed by atoms with Gasteiger partial charge in [-0.05, 0) is 21.0 Å². The molecule has 4 heteroatoms. The molecule has 15 heavy (non-hydrogen) atoms. The molecule has 3 nitrogen and oxygen atoms in total. The molecule has 1 N–H and O–H groups in total. The smallest absolute Gasteiger partial charge is 0.107 e. The van der Waals surface area contributed by atoms with Crippen molar-refractivity contribution >= 4 is 11.3 Å². The molecule has 0 amide bonds. The van der Waals surface area contributed by atoms with Crippen LogP contribution in [-0.4, -0.2) is 30.0 Å². The normalized spacial score (nSPS) is 11.7. The van der Waals surface area contributed by atoms with E-state index in [1.165, 1.54) is 15.6 Å². The van der Waals surface area contributed by atoms with Gasteiger partial charge in [0.1, 0.15) is 5.01 Å². The molecule has 1 aromatic rings. The predicted molar refractivity (Wildman–Crippen MR) is 66.2 cm³/mol. The molecule has 1 rings (SSSR count). The van der Waals surface area contributed by atoms with E-state index in [-0.39, 0.29) is 0 Å². The lowest BCUT2D eigenvalue weighted by atomic mass is 10.3. The summed E-state index contributed by atoms with van der Waals surface area (Å²) in [7, 11) is 4.14. The monoisotopic (exact) mass is 227 g/mol. The fourth-order valence-electron chi connectivity index (χ4n) is 1.29. The second-order valence-corrected chi connectivity index (χ2v) is 5.56. The van der Waals surface area contributed by atoms with Crippen molar-refractivity contribution in [3.8, 4) is 0 Å². The minimum atomic E-state index is 0.531. The summed E-state index contributed by atoms with van der Waals surface area (Å²) in [5.41, 5.74) is 1.17. The van der Waals surface area contributed by atoms with Crippen LogP contribution in [0.3, 0.4) is 0 Å². The number of thiazole rings is 1. The lowest BCUT2D eigenvalue weighted by Crippen LogP contribution is -2.21. The molecule has 0 aliphatic rings. The average molecular weight is 227 g/mol. The van der Waals surface area contributed by atoms with Crippen LogP contribution in [0.15, 0.2) is 0 Å². The highest BCUT2D eigenvalue weighted by Crippen LogP contribution is 2.18. The van der Waals surface area contributed by atoms with E-state index >= 15 is 0 Å². The fourth-order valence-corrected chi connectivity index (χ4v) is 2.43. The molecule has 0 radical (unpaired) electrons. The maximum absolute atomic E-state index is 4.57.